The van der Waals surface area contributed by atoms with E-state index >= 15 is 0 Å². The molecule has 0 aromatic rings. The standard InChI is InChI=1S/C56H90O6/c1-4-7-10-13-16-19-22-25-27-28-29-32-34-37-40-43-46-49-55(58)61-52-53(51-60-54(57)48-45-42-39-36-33-30-24-21-18-15-12-9-6-3)62-56(59)50-47-44-41-38-35-31-26-23-20-17-14-11-8-5-2/h8-9,11-12,15,17-18,20-21,24-25,27,29-30,32-33,37,40,53H,4-7,10,13-14,16,19,22-23,26,28,31,34-36,38-39,41-52H2,1-3H3/b11-8-,12-9-,18-15-,20-17-,24-21-,27-25-,32-29-,33-30-,40-37-. The van der Waals surface area contributed by atoms with Crippen LogP contribution in [0.3, 0.4) is 0 Å². The first-order chi connectivity index (χ1) is 30.5. The van der Waals surface area contributed by atoms with Crippen LogP contribution in [0.4, 0.5) is 0 Å². The average molecular weight is 859 g/mol. The van der Waals surface area contributed by atoms with Crippen LogP contribution in [-0.4, -0.2) is 37.2 Å². The maximum absolute atomic E-state index is 12.8. The Morgan fingerprint density at radius 3 is 1.26 bits per heavy atom. The van der Waals surface area contributed by atoms with Crippen LogP contribution >= 0.6 is 0 Å². The van der Waals surface area contributed by atoms with Gasteiger partial charge >= 0.3 is 17.9 Å². The predicted molar refractivity (Wildman–Crippen MR) is 265 cm³/mol. The minimum Gasteiger partial charge on any atom is -0.462 e. The summed E-state index contributed by atoms with van der Waals surface area (Å²) in [6.07, 6.45) is 66.5. The number of esters is 3. The van der Waals surface area contributed by atoms with Crippen molar-refractivity contribution in [3.05, 3.63) is 109 Å². The van der Waals surface area contributed by atoms with E-state index in [0.717, 1.165) is 89.9 Å². The highest BCUT2D eigenvalue weighted by Crippen LogP contribution is 2.13. The first-order valence-electron chi connectivity index (χ1n) is 24.9. The molecule has 0 aliphatic carbocycles. The highest BCUT2D eigenvalue weighted by Gasteiger charge is 2.19. The summed E-state index contributed by atoms with van der Waals surface area (Å²) in [6, 6.07) is 0. The van der Waals surface area contributed by atoms with Gasteiger partial charge in [0.2, 0.25) is 0 Å². The van der Waals surface area contributed by atoms with Crippen molar-refractivity contribution in [3.8, 4) is 0 Å². The molecule has 0 aromatic heterocycles. The van der Waals surface area contributed by atoms with Gasteiger partial charge in [0.05, 0.1) is 0 Å². The van der Waals surface area contributed by atoms with Crippen molar-refractivity contribution >= 4 is 17.9 Å². The summed E-state index contributed by atoms with van der Waals surface area (Å²) in [4.78, 5) is 37.9. The van der Waals surface area contributed by atoms with Crippen molar-refractivity contribution in [1.29, 1.82) is 0 Å². The van der Waals surface area contributed by atoms with Gasteiger partial charge in [-0.2, -0.15) is 0 Å². The minimum atomic E-state index is -0.820. The topological polar surface area (TPSA) is 78.9 Å². The van der Waals surface area contributed by atoms with Gasteiger partial charge in [0.15, 0.2) is 6.10 Å². The molecule has 0 fully saturated rings. The summed E-state index contributed by atoms with van der Waals surface area (Å²) in [5, 5.41) is 0. The van der Waals surface area contributed by atoms with E-state index in [9.17, 15) is 14.4 Å². The average Bonchev–Trinajstić information content (AvgIpc) is 3.27. The van der Waals surface area contributed by atoms with Crippen LogP contribution in [0.5, 0.6) is 0 Å². The van der Waals surface area contributed by atoms with Crippen molar-refractivity contribution in [2.75, 3.05) is 13.2 Å². The van der Waals surface area contributed by atoms with Crippen LogP contribution in [0.1, 0.15) is 207 Å². The molecule has 0 heterocycles. The molecule has 0 bridgehead atoms. The number of ether oxygens (including phenoxy) is 3. The third-order valence-electron chi connectivity index (χ3n) is 10.1. The molecule has 0 radical (unpaired) electrons. The largest absolute Gasteiger partial charge is 0.462 e. The Morgan fingerprint density at radius 2 is 0.726 bits per heavy atom. The van der Waals surface area contributed by atoms with E-state index < -0.39 is 6.10 Å². The maximum Gasteiger partial charge on any atom is 0.306 e. The number of hydrogen-bond donors (Lipinski definition) is 0. The molecule has 0 saturated heterocycles. The van der Waals surface area contributed by atoms with E-state index in [-0.39, 0.29) is 37.5 Å². The summed E-state index contributed by atoms with van der Waals surface area (Å²) in [5.41, 5.74) is 0. The van der Waals surface area contributed by atoms with Gasteiger partial charge in [-0.15, -0.1) is 0 Å². The Bertz CT molecular complexity index is 1310. The molecule has 0 amide bonds. The molecular formula is C56H90O6. The first kappa shape index (κ1) is 58.1. The second kappa shape index (κ2) is 49.7. The van der Waals surface area contributed by atoms with E-state index in [0.29, 0.717) is 19.3 Å². The molecule has 0 spiro atoms. The molecule has 6 nitrogen and oxygen atoms in total. The van der Waals surface area contributed by atoms with Crippen LogP contribution in [0, 0.1) is 0 Å². The van der Waals surface area contributed by atoms with Gasteiger partial charge in [-0.25, -0.2) is 0 Å². The molecule has 1 atom stereocenters. The fraction of sp³-hybridized carbons (Fsp3) is 0.625. The van der Waals surface area contributed by atoms with E-state index in [4.69, 9.17) is 14.2 Å². The molecular weight excluding hydrogens is 769 g/mol. The number of carbonyl (C=O) groups is 3. The summed E-state index contributed by atoms with van der Waals surface area (Å²) < 4.78 is 16.7. The van der Waals surface area contributed by atoms with Crippen LogP contribution in [0.15, 0.2) is 109 Å². The molecule has 0 saturated carbocycles. The van der Waals surface area contributed by atoms with E-state index in [1.165, 1.54) is 70.6 Å². The third kappa shape index (κ3) is 47.1. The highest BCUT2D eigenvalue weighted by molar-refractivity contribution is 5.71. The summed E-state index contributed by atoms with van der Waals surface area (Å²) in [7, 11) is 0. The molecule has 0 aromatic carbocycles. The highest BCUT2D eigenvalue weighted by atomic mass is 16.6. The lowest BCUT2D eigenvalue weighted by Gasteiger charge is -2.18. The normalized spacial score (nSPS) is 13.0. The van der Waals surface area contributed by atoms with Gasteiger partial charge in [-0.05, 0) is 96.3 Å². The Hall–Kier alpha value is -3.93. The van der Waals surface area contributed by atoms with Gasteiger partial charge in [-0.3, -0.25) is 14.4 Å². The lowest BCUT2D eigenvalue weighted by molar-refractivity contribution is -0.167. The second-order valence-corrected chi connectivity index (χ2v) is 16.0. The summed E-state index contributed by atoms with van der Waals surface area (Å²) in [5.74, 6) is -1.02. The second-order valence-electron chi connectivity index (χ2n) is 16.0. The number of carbonyl (C=O) groups excluding carboxylic acids is 3. The van der Waals surface area contributed by atoms with Crippen molar-refractivity contribution in [2.45, 2.75) is 213 Å². The van der Waals surface area contributed by atoms with Crippen LogP contribution in [0.2, 0.25) is 0 Å². The maximum atomic E-state index is 12.8. The predicted octanol–water partition coefficient (Wildman–Crippen LogP) is 16.4. The van der Waals surface area contributed by atoms with Gasteiger partial charge in [0.25, 0.3) is 0 Å². The van der Waals surface area contributed by atoms with E-state index in [1.807, 2.05) is 36.5 Å². The summed E-state index contributed by atoms with van der Waals surface area (Å²) >= 11 is 0. The quantitative estimate of drug-likeness (QED) is 0.0200. The van der Waals surface area contributed by atoms with Crippen LogP contribution < -0.4 is 0 Å². The SMILES string of the molecule is CC\C=C/C=C\C=C/C=C\CCCCCC(=O)OCC(COC(=O)CCC/C=C\C/C=C\C/C=C\CCCCCCCC)OC(=O)CCCCCCCCC/C=C\C/C=C\CC. The molecule has 62 heavy (non-hydrogen) atoms. The smallest absolute Gasteiger partial charge is 0.306 e. The third-order valence-corrected chi connectivity index (χ3v) is 10.1. The first-order valence-corrected chi connectivity index (χ1v) is 24.9. The molecule has 350 valence electrons. The van der Waals surface area contributed by atoms with Crippen LogP contribution in [0.25, 0.3) is 0 Å². The number of unbranched alkanes of at least 4 members (excludes halogenated alkanes) is 17. The Kier molecular flexibility index (Phi) is 46.6. The molecule has 0 N–H and O–H groups in total. The van der Waals surface area contributed by atoms with Crippen molar-refractivity contribution in [1.82, 2.24) is 0 Å². The van der Waals surface area contributed by atoms with Gasteiger partial charge in [0.1, 0.15) is 13.2 Å². The van der Waals surface area contributed by atoms with Gasteiger partial charge in [0, 0.05) is 19.3 Å². The number of hydrogen-bond acceptors (Lipinski definition) is 6. The van der Waals surface area contributed by atoms with E-state index in [2.05, 4.69) is 93.7 Å². The number of rotatable bonds is 43. The van der Waals surface area contributed by atoms with Gasteiger partial charge < -0.3 is 14.2 Å². The zero-order chi connectivity index (χ0) is 45.1. The molecule has 0 aliphatic heterocycles. The lowest BCUT2D eigenvalue weighted by Crippen LogP contribution is -2.30. The Balaban J connectivity index is 4.54. The fourth-order valence-corrected chi connectivity index (χ4v) is 6.39. The monoisotopic (exact) mass is 859 g/mol. The lowest BCUT2D eigenvalue weighted by atomic mass is 10.1. The van der Waals surface area contributed by atoms with Crippen molar-refractivity contribution in [3.63, 3.8) is 0 Å². The molecule has 1 unspecified atom stereocenters. The Labute approximate surface area is 380 Å². The molecule has 6 heteroatoms. The zero-order valence-corrected chi connectivity index (χ0v) is 39.8. The van der Waals surface area contributed by atoms with Gasteiger partial charge in [-0.1, -0.05) is 201 Å². The molecule has 0 rings (SSSR count). The van der Waals surface area contributed by atoms with Crippen LogP contribution in [-0.2, 0) is 28.6 Å². The Morgan fingerprint density at radius 1 is 0.355 bits per heavy atom. The summed E-state index contributed by atoms with van der Waals surface area (Å²) in [6.45, 7) is 6.28. The van der Waals surface area contributed by atoms with E-state index in [1.54, 1.807) is 0 Å². The fourth-order valence-electron chi connectivity index (χ4n) is 6.39. The molecule has 0 aliphatic rings. The zero-order valence-electron chi connectivity index (χ0n) is 39.8. The van der Waals surface area contributed by atoms with Crippen molar-refractivity contribution in [2.24, 2.45) is 0 Å². The number of allylic oxidation sites excluding steroid dienone is 18. The van der Waals surface area contributed by atoms with Crippen molar-refractivity contribution < 1.29 is 28.6 Å². The minimum absolute atomic E-state index is 0.120.